The molecule has 0 aromatic carbocycles. The van der Waals surface area contributed by atoms with Crippen LogP contribution < -0.4 is 10.2 Å². The number of piperidine rings is 1. The van der Waals surface area contributed by atoms with Gasteiger partial charge in [-0.25, -0.2) is 0 Å². The molecule has 3 rings (SSSR count). The topological polar surface area (TPSA) is 50.3 Å². The maximum atomic E-state index is 6.22. The lowest BCUT2D eigenvalue weighted by atomic mass is 9.87. The van der Waals surface area contributed by atoms with Crippen molar-refractivity contribution >= 4 is 5.82 Å². The van der Waals surface area contributed by atoms with Crippen molar-refractivity contribution in [2.45, 2.75) is 64.1 Å². The predicted molar refractivity (Wildman–Crippen MR) is 88.2 cm³/mol. The number of hydrogen-bond acceptors (Lipinski definition) is 5. The van der Waals surface area contributed by atoms with Crippen molar-refractivity contribution in [2.75, 3.05) is 24.6 Å². The maximum absolute atomic E-state index is 6.22. The number of hydrogen-bond donors (Lipinski definition) is 1. The minimum atomic E-state index is 0.0670. The first-order chi connectivity index (χ1) is 10.4. The second-order valence-electron chi connectivity index (χ2n) is 7.81. The Balaban J connectivity index is 1.57. The van der Waals surface area contributed by atoms with Crippen molar-refractivity contribution < 1.29 is 4.74 Å². The average molecular weight is 304 g/mol. The summed E-state index contributed by atoms with van der Waals surface area (Å²) < 4.78 is 6.22. The van der Waals surface area contributed by atoms with Gasteiger partial charge in [-0.3, -0.25) is 0 Å². The number of aromatic nitrogens is 2. The summed E-state index contributed by atoms with van der Waals surface area (Å²) in [6, 6.07) is 4.58. The lowest BCUT2D eigenvalue weighted by Crippen LogP contribution is -2.47. The minimum absolute atomic E-state index is 0.0670. The summed E-state index contributed by atoms with van der Waals surface area (Å²) in [5, 5.41) is 12.1. The van der Waals surface area contributed by atoms with Gasteiger partial charge in [0.05, 0.1) is 17.9 Å². The zero-order chi connectivity index (χ0) is 15.8. The van der Waals surface area contributed by atoms with Crippen LogP contribution in [0.25, 0.3) is 0 Å². The van der Waals surface area contributed by atoms with Crippen LogP contribution in [0.1, 0.15) is 45.7 Å². The van der Waals surface area contributed by atoms with Crippen LogP contribution in [0.15, 0.2) is 12.1 Å². The van der Waals surface area contributed by atoms with E-state index in [1.54, 1.807) is 0 Å². The maximum Gasteiger partial charge on any atom is 0.151 e. The van der Waals surface area contributed by atoms with Gasteiger partial charge >= 0.3 is 0 Å². The highest BCUT2D eigenvalue weighted by atomic mass is 16.5. The van der Waals surface area contributed by atoms with Gasteiger partial charge in [0.25, 0.3) is 0 Å². The molecule has 22 heavy (non-hydrogen) atoms. The Morgan fingerprint density at radius 2 is 1.95 bits per heavy atom. The zero-order valence-electron chi connectivity index (χ0n) is 14.2. The van der Waals surface area contributed by atoms with E-state index in [2.05, 4.69) is 47.3 Å². The molecular formula is C17H28N4O. The minimum Gasteiger partial charge on any atom is -0.373 e. The molecule has 122 valence electrons. The smallest absolute Gasteiger partial charge is 0.151 e. The molecule has 2 aliphatic heterocycles. The molecule has 1 unspecified atom stereocenters. The molecule has 0 saturated carbocycles. The van der Waals surface area contributed by atoms with Gasteiger partial charge in [0.2, 0.25) is 0 Å². The van der Waals surface area contributed by atoms with Crippen molar-refractivity contribution in [2.24, 2.45) is 0 Å². The lowest BCUT2D eigenvalue weighted by Gasteiger charge is -2.39. The molecule has 0 aliphatic carbocycles. The van der Waals surface area contributed by atoms with Crippen molar-refractivity contribution in [3.05, 3.63) is 17.8 Å². The second-order valence-corrected chi connectivity index (χ2v) is 7.81. The lowest BCUT2D eigenvalue weighted by molar-refractivity contribution is -0.0152. The van der Waals surface area contributed by atoms with Gasteiger partial charge in [-0.15, -0.1) is 5.10 Å². The van der Waals surface area contributed by atoms with Crippen LogP contribution in [0.4, 0.5) is 5.82 Å². The zero-order valence-corrected chi connectivity index (χ0v) is 14.2. The van der Waals surface area contributed by atoms with Crippen LogP contribution in [0.3, 0.4) is 0 Å². The molecule has 5 nitrogen and oxygen atoms in total. The van der Waals surface area contributed by atoms with Crippen molar-refractivity contribution in [1.29, 1.82) is 0 Å². The van der Waals surface area contributed by atoms with Crippen LogP contribution in [-0.4, -0.2) is 47.1 Å². The van der Waals surface area contributed by atoms with Crippen molar-refractivity contribution in [3.63, 3.8) is 0 Å². The summed E-state index contributed by atoms with van der Waals surface area (Å²) in [6.07, 6.45) is 3.27. The van der Waals surface area contributed by atoms with Gasteiger partial charge in [0, 0.05) is 24.7 Å². The third-order valence-electron chi connectivity index (χ3n) is 4.63. The third-order valence-corrected chi connectivity index (χ3v) is 4.63. The van der Waals surface area contributed by atoms with E-state index in [0.29, 0.717) is 6.04 Å². The van der Waals surface area contributed by atoms with Crippen LogP contribution in [0.5, 0.6) is 0 Å². The Labute approximate surface area is 133 Å². The first kappa shape index (κ1) is 15.7. The van der Waals surface area contributed by atoms with Crippen LogP contribution in [0, 0.1) is 6.92 Å². The van der Waals surface area contributed by atoms with Gasteiger partial charge in [-0.05, 0) is 59.1 Å². The summed E-state index contributed by atoms with van der Waals surface area (Å²) in [5.74, 6) is 0.989. The summed E-state index contributed by atoms with van der Waals surface area (Å²) in [5.41, 5.74) is 1.18. The van der Waals surface area contributed by atoms with Crippen molar-refractivity contribution in [1.82, 2.24) is 15.5 Å². The van der Waals surface area contributed by atoms with Gasteiger partial charge in [-0.1, -0.05) is 0 Å². The SMILES string of the molecule is Cc1ccc(N2CCC3(CC2)CC(NC(C)(C)C)CO3)nn1. The molecule has 2 fully saturated rings. The fourth-order valence-corrected chi connectivity index (χ4v) is 3.60. The number of rotatable bonds is 2. The van der Waals surface area contributed by atoms with E-state index in [4.69, 9.17) is 4.74 Å². The standard InChI is InChI=1S/C17H28N4O/c1-13-5-6-15(20-19-13)21-9-7-17(8-10-21)11-14(12-22-17)18-16(2,3)4/h5-6,14,18H,7-12H2,1-4H3. The van der Waals surface area contributed by atoms with E-state index >= 15 is 0 Å². The molecule has 2 saturated heterocycles. The number of nitrogens with zero attached hydrogens (tertiary/aromatic N) is 3. The van der Waals surface area contributed by atoms with E-state index in [1.165, 1.54) is 0 Å². The number of nitrogens with one attached hydrogen (secondary N) is 1. The number of ether oxygens (including phenoxy) is 1. The highest BCUT2D eigenvalue weighted by Crippen LogP contribution is 2.37. The Morgan fingerprint density at radius 1 is 1.23 bits per heavy atom. The molecular weight excluding hydrogens is 276 g/mol. The van der Waals surface area contributed by atoms with Gasteiger partial charge < -0.3 is 15.0 Å². The van der Waals surface area contributed by atoms with E-state index < -0.39 is 0 Å². The number of anilines is 1. The van der Waals surface area contributed by atoms with Gasteiger partial charge in [0.1, 0.15) is 0 Å². The molecule has 0 amide bonds. The van der Waals surface area contributed by atoms with E-state index in [-0.39, 0.29) is 11.1 Å². The summed E-state index contributed by atoms with van der Waals surface area (Å²) in [4.78, 5) is 2.32. The molecule has 1 atom stereocenters. The molecule has 1 aromatic rings. The largest absolute Gasteiger partial charge is 0.373 e. The van der Waals surface area contributed by atoms with Crippen LogP contribution >= 0.6 is 0 Å². The monoisotopic (exact) mass is 304 g/mol. The molecule has 2 aliphatic rings. The van der Waals surface area contributed by atoms with Gasteiger partial charge in [0.15, 0.2) is 5.82 Å². The first-order valence-electron chi connectivity index (χ1n) is 8.32. The molecule has 3 heterocycles. The molecule has 1 spiro atoms. The normalized spacial score (nSPS) is 24.9. The number of aryl methyl sites for hydroxylation is 1. The van der Waals surface area contributed by atoms with Crippen molar-refractivity contribution in [3.8, 4) is 0 Å². The Bertz CT molecular complexity index is 500. The van der Waals surface area contributed by atoms with Crippen LogP contribution in [0.2, 0.25) is 0 Å². The highest BCUT2D eigenvalue weighted by molar-refractivity contribution is 5.38. The summed E-state index contributed by atoms with van der Waals surface area (Å²) >= 11 is 0. The molecule has 5 heteroatoms. The first-order valence-corrected chi connectivity index (χ1v) is 8.32. The second kappa shape index (κ2) is 5.78. The predicted octanol–water partition coefficient (Wildman–Crippen LogP) is 2.30. The Kier molecular flexibility index (Phi) is 4.12. The average Bonchev–Trinajstić information content (AvgIpc) is 2.81. The quantitative estimate of drug-likeness (QED) is 0.908. The summed E-state index contributed by atoms with van der Waals surface area (Å²) in [7, 11) is 0. The van der Waals surface area contributed by atoms with Crippen LogP contribution in [-0.2, 0) is 4.74 Å². The van der Waals surface area contributed by atoms with E-state index in [0.717, 1.165) is 50.5 Å². The third kappa shape index (κ3) is 3.58. The molecule has 1 N–H and O–H groups in total. The fraction of sp³-hybridized carbons (Fsp3) is 0.765. The van der Waals surface area contributed by atoms with Gasteiger partial charge in [-0.2, -0.15) is 5.10 Å². The Morgan fingerprint density at radius 3 is 2.55 bits per heavy atom. The Hall–Kier alpha value is -1.20. The van der Waals surface area contributed by atoms with E-state index in [9.17, 15) is 0 Å². The summed E-state index contributed by atoms with van der Waals surface area (Å²) in [6.45, 7) is 11.5. The fourth-order valence-electron chi connectivity index (χ4n) is 3.60. The molecule has 0 bridgehead atoms. The van der Waals surface area contributed by atoms with E-state index in [1.807, 2.05) is 13.0 Å². The molecule has 1 aromatic heterocycles. The highest BCUT2D eigenvalue weighted by Gasteiger charge is 2.43. The molecule has 0 radical (unpaired) electrons.